The van der Waals surface area contributed by atoms with E-state index < -0.39 is 15.8 Å². The van der Waals surface area contributed by atoms with Crippen molar-refractivity contribution in [2.24, 2.45) is 0 Å². The zero-order chi connectivity index (χ0) is 15.2. The zero-order valence-electron chi connectivity index (χ0n) is 11.9. The lowest BCUT2D eigenvalue weighted by Crippen LogP contribution is -2.36. The molecule has 1 rings (SSSR count). The minimum Gasteiger partial charge on any atom is -0.380 e. The summed E-state index contributed by atoms with van der Waals surface area (Å²) in [6, 6.07) is 3.36. The molecule has 0 heterocycles. The first-order chi connectivity index (χ1) is 9.40. The van der Waals surface area contributed by atoms with Crippen LogP contribution in [0.25, 0.3) is 0 Å². The van der Waals surface area contributed by atoms with Crippen LogP contribution in [0.5, 0.6) is 0 Å². The summed E-state index contributed by atoms with van der Waals surface area (Å²) in [4.78, 5) is -0.0461. The largest absolute Gasteiger partial charge is 0.380 e. The van der Waals surface area contributed by atoms with Crippen LogP contribution in [0.1, 0.15) is 19.4 Å². The summed E-state index contributed by atoms with van der Waals surface area (Å²) in [7, 11) is -2.08. The van der Waals surface area contributed by atoms with Gasteiger partial charge in [-0.3, -0.25) is 0 Å². The number of rotatable bonds is 8. The Balaban J connectivity index is 2.99. The van der Waals surface area contributed by atoms with Gasteiger partial charge in [0.25, 0.3) is 0 Å². The van der Waals surface area contributed by atoms with Gasteiger partial charge >= 0.3 is 0 Å². The van der Waals surface area contributed by atoms with Gasteiger partial charge in [0.15, 0.2) is 0 Å². The molecule has 114 valence electrons. The predicted octanol–water partition coefficient (Wildman–Crippen LogP) is 1.25. The molecule has 0 aliphatic rings. The van der Waals surface area contributed by atoms with Crippen LogP contribution >= 0.6 is 0 Å². The molecule has 1 atom stereocenters. The number of halogens is 1. The fraction of sp³-hybridized carbons (Fsp3) is 0.538. The van der Waals surface area contributed by atoms with Gasteiger partial charge in [-0.15, -0.1) is 0 Å². The fourth-order valence-electron chi connectivity index (χ4n) is 1.77. The van der Waals surface area contributed by atoms with Crippen molar-refractivity contribution in [2.45, 2.75) is 31.3 Å². The second-order valence-corrected chi connectivity index (χ2v) is 6.15. The first-order valence-electron chi connectivity index (χ1n) is 6.43. The van der Waals surface area contributed by atoms with Gasteiger partial charge in [0, 0.05) is 19.2 Å². The first kappa shape index (κ1) is 17.0. The van der Waals surface area contributed by atoms with Crippen molar-refractivity contribution in [1.82, 2.24) is 10.0 Å². The topological polar surface area (TPSA) is 67.4 Å². The van der Waals surface area contributed by atoms with Crippen molar-refractivity contribution in [3.05, 3.63) is 29.6 Å². The molecule has 0 amide bonds. The molecule has 7 heteroatoms. The Kier molecular flexibility index (Phi) is 6.54. The lowest BCUT2D eigenvalue weighted by atomic mass is 10.2. The third kappa shape index (κ3) is 4.82. The van der Waals surface area contributed by atoms with Crippen molar-refractivity contribution in [2.75, 3.05) is 20.3 Å². The van der Waals surface area contributed by atoms with Crippen LogP contribution in [0, 0.1) is 5.82 Å². The molecule has 1 unspecified atom stereocenters. The Morgan fingerprint density at radius 1 is 1.40 bits per heavy atom. The fourth-order valence-corrected chi connectivity index (χ4v) is 3.25. The molecule has 0 fully saturated rings. The van der Waals surface area contributed by atoms with Gasteiger partial charge in [-0.1, -0.05) is 6.07 Å². The minimum atomic E-state index is -3.78. The van der Waals surface area contributed by atoms with E-state index in [1.54, 1.807) is 14.0 Å². The molecule has 2 N–H and O–H groups in total. The zero-order valence-corrected chi connectivity index (χ0v) is 12.8. The van der Waals surface area contributed by atoms with Crippen molar-refractivity contribution in [3.8, 4) is 0 Å². The van der Waals surface area contributed by atoms with Crippen LogP contribution in [0.4, 0.5) is 4.39 Å². The average molecular weight is 304 g/mol. The number of sulfonamides is 1. The maximum atomic E-state index is 13.3. The second kappa shape index (κ2) is 7.68. The van der Waals surface area contributed by atoms with Crippen LogP contribution in [-0.2, 0) is 21.3 Å². The molecular formula is C13H21FN2O3S. The van der Waals surface area contributed by atoms with Gasteiger partial charge in [-0.05, 0) is 38.6 Å². The predicted molar refractivity (Wildman–Crippen MR) is 75.4 cm³/mol. The molecule has 20 heavy (non-hydrogen) atoms. The Hall–Kier alpha value is -1.02. The van der Waals surface area contributed by atoms with Gasteiger partial charge in [-0.25, -0.2) is 17.5 Å². The molecule has 0 saturated heterocycles. The van der Waals surface area contributed by atoms with Crippen molar-refractivity contribution >= 4 is 10.0 Å². The quantitative estimate of drug-likeness (QED) is 0.758. The van der Waals surface area contributed by atoms with E-state index in [2.05, 4.69) is 10.0 Å². The van der Waals surface area contributed by atoms with Gasteiger partial charge in [-0.2, -0.15) is 0 Å². The third-order valence-corrected chi connectivity index (χ3v) is 4.29. The van der Waals surface area contributed by atoms with E-state index in [9.17, 15) is 12.8 Å². The number of ether oxygens (including phenoxy) is 1. The van der Waals surface area contributed by atoms with Gasteiger partial charge < -0.3 is 10.1 Å². The number of nitrogens with one attached hydrogen (secondary N) is 2. The van der Waals surface area contributed by atoms with E-state index >= 15 is 0 Å². The summed E-state index contributed by atoms with van der Waals surface area (Å²) in [5.41, 5.74) is 0.519. The van der Waals surface area contributed by atoms with Crippen LogP contribution in [-0.4, -0.2) is 34.7 Å². The number of hydrogen-bond acceptors (Lipinski definition) is 4. The van der Waals surface area contributed by atoms with Crippen LogP contribution in [0.2, 0.25) is 0 Å². The van der Waals surface area contributed by atoms with Gasteiger partial charge in [0.2, 0.25) is 10.0 Å². The van der Waals surface area contributed by atoms with Crippen molar-refractivity contribution in [1.29, 1.82) is 0 Å². The van der Waals surface area contributed by atoms with Crippen molar-refractivity contribution < 1.29 is 17.5 Å². The monoisotopic (exact) mass is 304 g/mol. The summed E-state index contributed by atoms with van der Waals surface area (Å²) in [5, 5.41) is 2.86. The number of hydrogen-bond donors (Lipinski definition) is 2. The lowest BCUT2D eigenvalue weighted by Gasteiger charge is -2.16. The molecule has 0 saturated carbocycles. The highest BCUT2D eigenvalue weighted by Crippen LogP contribution is 2.17. The Labute approximate surface area is 119 Å². The third-order valence-electron chi connectivity index (χ3n) is 2.61. The van der Waals surface area contributed by atoms with E-state index in [-0.39, 0.29) is 17.5 Å². The molecule has 1 aromatic carbocycles. The molecule has 0 spiro atoms. The normalized spacial score (nSPS) is 13.4. The summed E-state index contributed by atoms with van der Waals surface area (Å²) < 4.78 is 45.6. The molecular weight excluding hydrogens is 283 g/mol. The van der Waals surface area contributed by atoms with E-state index in [0.29, 0.717) is 18.7 Å². The molecule has 1 aromatic rings. The van der Waals surface area contributed by atoms with E-state index in [4.69, 9.17) is 4.74 Å². The SMILES string of the molecule is CCOCC(C)NS(=O)(=O)c1cc(F)ccc1CNC. The summed E-state index contributed by atoms with van der Waals surface area (Å²) in [5.74, 6) is -0.581. The van der Waals surface area contributed by atoms with E-state index in [1.807, 2.05) is 6.92 Å². The molecule has 0 aromatic heterocycles. The maximum Gasteiger partial charge on any atom is 0.241 e. The Morgan fingerprint density at radius 2 is 2.10 bits per heavy atom. The molecule has 0 aliphatic heterocycles. The highest BCUT2D eigenvalue weighted by atomic mass is 32.2. The average Bonchev–Trinajstić information content (AvgIpc) is 2.38. The minimum absolute atomic E-state index is 0.0461. The van der Waals surface area contributed by atoms with Crippen LogP contribution in [0.15, 0.2) is 23.1 Å². The Bertz CT molecular complexity index is 534. The summed E-state index contributed by atoms with van der Waals surface area (Å²) in [6.45, 7) is 4.66. The summed E-state index contributed by atoms with van der Waals surface area (Å²) in [6.07, 6.45) is 0. The second-order valence-electron chi connectivity index (χ2n) is 4.46. The highest BCUT2D eigenvalue weighted by Gasteiger charge is 2.21. The highest BCUT2D eigenvalue weighted by molar-refractivity contribution is 7.89. The lowest BCUT2D eigenvalue weighted by molar-refractivity contribution is 0.133. The van der Waals surface area contributed by atoms with Gasteiger partial charge in [0.1, 0.15) is 5.82 Å². The van der Waals surface area contributed by atoms with Crippen LogP contribution < -0.4 is 10.0 Å². The maximum absolute atomic E-state index is 13.3. The summed E-state index contributed by atoms with van der Waals surface area (Å²) >= 11 is 0. The smallest absolute Gasteiger partial charge is 0.241 e. The standard InChI is InChI=1S/C13H21FN2O3S/c1-4-19-9-10(2)16-20(17,18)13-7-12(14)6-5-11(13)8-15-3/h5-7,10,15-16H,4,8-9H2,1-3H3. The number of benzene rings is 1. The molecule has 0 radical (unpaired) electrons. The van der Waals surface area contributed by atoms with Crippen LogP contribution in [0.3, 0.4) is 0 Å². The van der Waals surface area contributed by atoms with Crippen molar-refractivity contribution in [3.63, 3.8) is 0 Å². The van der Waals surface area contributed by atoms with Gasteiger partial charge in [0.05, 0.1) is 11.5 Å². The molecule has 0 bridgehead atoms. The van der Waals surface area contributed by atoms with E-state index in [0.717, 1.165) is 6.07 Å². The molecule has 5 nitrogen and oxygen atoms in total. The Morgan fingerprint density at radius 3 is 2.70 bits per heavy atom. The first-order valence-corrected chi connectivity index (χ1v) is 7.92. The van der Waals surface area contributed by atoms with E-state index in [1.165, 1.54) is 12.1 Å². The molecule has 0 aliphatic carbocycles.